The number of hydrogen-bond donors (Lipinski definition) is 2. The first-order chi connectivity index (χ1) is 13.2. The van der Waals surface area contributed by atoms with Crippen LogP contribution in [0.15, 0.2) is 73.1 Å². The van der Waals surface area contributed by atoms with Crippen molar-refractivity contribution in [2.45, 2.75) is 25.3 Å². The van der Waals surface area contributed by atoms with Crippen LogP contribution in [-0.2, 0) is 14.9 Å². The SMILES string of the molecule is CCNC(C)COC(=O)C(c1ccccc1)(c1ccccc1)c1ncc[nH]1. The van der Waals surface area contributed by atoms with E-state index in [2.05, 4.69) is 15.3 Å². The van der Waals surface area contributed by atoms with Gasteiger partial charge in [-0.1, -0.05) is 67.6 Å². The molecule has 140 valence electrons. The lowest BCUT2D eigenvalue weighted by atomic mass is 9.73. The Morgan fingerprint density at radius 1 is 1.11 bits per heavy atom. The lowest BCUT2D eigenvalue weighted by Crippen LogP contribution is -2.43. The molecule has 5 heteroatoms. The van der Waals surface area contributed by atoms with Gasteiger partial charge in [0.15, 0.2) is 5.41 Å². The predicted molar refractivity (Wildman–Crippen MR) is 105 cm³/mol. The molecule has 1 atom stereocenters. The molecule has 0 fully saturated rings. The Kier molecular flexibility index (Phi) is 6.04. The minimum absolute atomic E-state index is 0.0693. The number of aromatic amines is 1. The number of H-pyrrole nitrogens is 1. The normalized spacial score (nSPS) is 12.5. The average molecular weight is 363 g/mol. The van der Waals surface area contributed by atoms with Crippen LogP contribution in [0.1, 0.15) is 30.8 Å². The summed E-state index contributed by atoms with van der Waals surface area (Å²) >= 11 is 0. The summed E-state index contributed by atoms with van der Waals surface area (Å²) in [7, 11) is 0. The third-order valence-corrected chi connectivity index (χ3v) is 4.59. The van der Waals surface area contributed by atoms with Crippen LogP contribution in [0.4, 0.5) is 0 Å². The maximum Gasteiger partial charge on any atom is 0.328 e. The minimum atomic E-state index is -1.15. The molecule has 27 heavy (non-hydrogen) atoms. The molecule has 0 radical (unpaired) electrons. The number of nitrogens with zero attached hydrogens (tertiary/aromatic N) is 1. The van der Waals surface area contributed by atoms with E-state index in [1.54, 1.807) is 12.4 Å². The van der Waals surface area contributed by atoms with Gasteiger partial charge in [0, 0.05) is 18.4 Å². The van der Waals surface area contributed by atoms with E-state index in [-0.39, 0.29) is 18.6 Å². The van der Waals surface area contributed by atoms with E-state index in [4.69, 9.17) is 4.74 Å². The van der Waals surface area contributed by atoms with Gasteiger partial charge in [0.25, 0.3) is 0 Å². The molecule has 3 aromatic rings. The molecule has 0 saturated carbocycles. The monoisotopic (exact) mass is 363 g/mol. The van der Waals surface area contributed by atoms with Gasteiger partial charge in [-0.25, -0.2) is 4.98 Å². The second-order valence-corrected chi connectivity index (χ2v) is 6.48. The summed E-state index contributed by atoms with van der Waals surface area (Å²) in [5.41, 5.74) is 0.470. The number of rotatable bonds is 8. The third kappa shape index (κ3) is 3.78. The van der Waals surface area contributed by atoms with Gasteiger partial charge in [-0.3, -0.25) is 4.79 Å². The standard InChI is InChI=1S/C22H25N3O2/c1-3-23-17(2)16-27-21(26)22(20-24-14-15-25-20,18-10-6-4-7-11-18)19-12-8-5-9-13-19/h4-15,17,23H,3,16H2,1-2H3,(H,24,25). The molecular weight excluding hydrogens is 338 g/mol. The van der Waals surface area contributed by atoms with Crippen LogP contribution in [0.5, 0.6) is 0 Å². The van der Waals surface area contributed by atoms with Gasteiger partial charge in [-0.05, 0) is 24.6 Å². The molecule has 0 amide bonds. The van der Waals surface area contributed by atoms with Crippen LogP contribution in [0.3, 0.4) is 0 Å². The van der Waals surface area contributed by atoms with Crippen molar-refractivity contribution in [2.75, 3.05) is 13.2 Å². The summed E-state index contributed by atoms with van der Waals surface area (Å²) in [4.78, 5) is 21.2. The highest BCUT2D eigenvalue weighted by molar-refractivity contribution is 5.91. The van der Waals surface area contributed by atoms with E-state index in [0.29, 0.717) is 5.82 Å². The van der Waals surface area contributed by atoms with E-state index in [0.717, 1.165) is 17.7 Å². The summed E-state index contributed by atoms with van der Waals surface area (Å²) in [5, 5.41) is 3.27. The quantitative estimate of drug-likeness (QED) is 0.603. The number of likely N-dealkylation sites (N-methyl/N-ethyl adjacent to an activating group) is 1. The number of benzene rings is 2. The van der Waals surface area contributed by atoms with Crippen molar-refractivity contribution < 1.29 is 9.53 Å². The predicted octanol–water partition coefficient (Wildman–Crippen LogP) is 3.29. The Hall–Kier alpha value is -2.92. The summed E-state index contributed by atoms with van der Waals surface area (Å²) in [6.45, 7) is 5.13. The summed E-state index contributed by atoms with van der Waals surface area (Å²) < 4.78 is 5.79. The van der Waals surface area contributed by atoms with Crippen molar-refractivity contribution in [3.8, 4) is 0 Å². The summed E-state index contributed by atoms with van der Waals surface area (Å²) in [5.74, 6) is 0.195. The van der Waals surface area contributed by atoms with Crippen molar-refractivity contribution >= 4 is 5.97 Å². The van der Waals surface area contributed by atoms with Crippen LogP contribution in [0.2, 0.25) is 0 Å². The molecule has 0 aliphatic carbocycles. The van der Waals surface area contributed by atoms with Gasteiger partial charge in [0.1, 0.15) is 12.4 Å². The molecule has 2 aromatic carbocycles. The first-order valence-corrected chi connectivity index (χ1v) is 9.21. The van der Waals surface area contributed by atoms with E-state index >= 15 is 0 Å². The van der Waals surface area contributed by atoms with Gasteiger partial charge in [0.2, 0.25) is 0 Å². The second kappa shape index (κ2) is 8.64. The molecule has 0 aliphatic heterocycles. The Labute approximate surface area is 159 Å². The zero-order valence-corrected chi connectivity index (χ0v) is 15.7. The number of aromatic nitrogens is 2. The molecule has 0 spiro atoms. The molecule has 1 aromatic heterocycles. The number of imidazole rings is 1. The van der Waals surface area contributed by atoms with Crippen LogP contribution in [0, 0.1) is 0 Å². The lowest BCUT2D eigenvalue weighted by Gasteiger charge is -2.31. The number of carbonyl (C=O) groups is 1. The molecule has 3 rings (SSSR count). The molecule has 1 heterocycles. The van der Waals surface area contributed by atoms with Crippen LogP contribution in [0.25, 0.3) is 0 Å². The first-order valence-electron chi connectivity index (χ1n) is 9.21. The van der Waals surface area contributed by atoms with Gasteiger partial charge in [-0.2, -0.15) is 0 Å². The van der Waals surface area contributed by atoms with Crippen molar-refractivity contribution in [1.82, 2.24) is 15.3 Å². The molecule has 1 unspecified atom stereocenters. The minimum Gasteiger partial charge on any atom is -0.463 e. The summed E-state index contributed by atoms with van der Waals surface area (Å²) in [6.07, 6.45) is 3.38. The number of ether oxygens (including phenoxy) is 1. The Balaban J connectivity index is 2.12. The fourth-order valence-electron chi connectivity index (χ4n) is 3.34. The Bertz CT molecular complexity index is 793. The molecule has 0 aliphatic rings. The van der Waals surface area contributed by atoms with Crippen molar-refractivity contribution in [3.63, 3.8) is 0 Å². The Morgan fingerprint density at radius 2 is 1.70 bits per heavy atom. The molecular formula is C22H25N3O2. The highest BCUT2D eigenvalue weighted by atomic mass is 16.5. The highest BCUT2D eigenvalue weighted by Crippen LogP contribution is 2.38. The van der Waals surface area contributed by atoms with E-state index in [9.17, 15) is 4.79 Å². The van der Waals surface area contributed by atoms with Crippen molar-refractivity contribution in [3.05, 3.63) is 90.0 Å². The fourth-order valence-corrected chi connectivity index (χ4v) is 3.34. The Morgan fingerprint density at radius 3 is 2.19 bits per heavy atom. The zero-order valence-electron chi connectivity index (χ0n) is 15.7. The summed E-state index contributed by atoms with van der Waals surface area (Å²) in [6, 6.07) is 19.4. The van der Waals surface area contributed by atoms with Crippen molar-refractivity contribution in [2.24, 2.45) is 0 Å². The van der Waals surface area contributed by atoms with Gasteiger partial charge in [0.05, 0.1) is 0 Å². The zero-order chi connectivity index (χ0) is 19.1. The lowest BCUT2D eigenvalue weighted by molar-refractivity contribution is -0.148. The first kappa shape index (κ1) is 18.9. The molecule has 5 nitrogen and oxygen atoms in total. The fraction of sp³-hybridized carbons (Fsp3) is 0.273. The maximum atomic E-state index is 13.6. The maximum absolute atomic E-state index is 13.6. The van der Waals surface area contributed by atoms with Gasteiger partial charge < -0.3 is 15.0 Å². The van der Waals surface area contributed by atoms with Gasteiger partial charge >= 0.3 is 5.97 Å². The number of nitrogens with one attached hydrogen (secondary N) is 2. The van der Waals surface area contributed by atoms with Crippen LogP contribution >= 0.6 is 0 Å². The number of esters is 1. The van der Waals surface area contributed by atoms with E-state index in [1.165, 1.54) is 0 Å². The number of hydrogen-bond acceptors (Lipinski definition) is 4. The van der Waals surface area contributed by atoms with Crippen molar-refractivity contribution in [1.29, 1.82) is 0 Å². The average Bonchev–Trinajstić information content (AvgIpc) is 3.24. The van der Waals surface area contributed by atoms with Gasteiger partial charge in [-0.15, -0.1) is 0 Å². The molecule has 0 saturated heterocycles. The third-order valence-electron chi connectivity index (χ3n) is 4.59. The molecule has 0 bridgehead atoms. The number of carbonyl (C=O) groups excluding carboxylic acids is 1. The molecule has 2 N–H and O–H groups in total. The highest BCUT2D eigenvalue weighted by Gasteiger charge is 2.47. The van der Waals surface area contributed by atoms with E-state index in [1.807, 2.05) is 74.5 Å². The van der Waals surface area contributed by atoms with E-state index < -0.39 is 5.41 Å². The second-order valence-electron chi connectivity index (χ2n) is 6.48. The smallest absolute Gasteiger partial charge is 0.328 e. The topological polar surface area (TPSA) is 67.0 Å². The van der Waals surface area contributed by atoms with Crippen LogP contribution in [-0.4, -0.2) is 35.1 Å². The van der Waals surface area contributed by atoms with Crippen LogP contribution < -0.4 is 5.32 Å². The largest absolute Gasteiger partial charge is 0.463 e.